The summed E-state index contributed by atoms with van der Waals surface area (Å²) in [6.07, 6.45) is 1.63. The summed E-state index contributed by atoms with van der Waals surface area (Å²) in [4.78, 5) is 23.5. The molecule has 0 saturated carbocycles. The van der Waals surface area contributed by atoms with Gasteiger partial charge in [0.25, 0.3) is 5.56 Å². The van der Waals surface area contributed by atoms with Crippen LogP contribution in [-0.2, 0) is 11.3 Å². The molecule has 0 aliphatic rings. The third kappa shape index (κ3) is 3.91. The van der Waals surface area contributed by atoms with Crippen LogP contribution in [0, 0.1) is 5.82 Å². The largest absolute Gasteiger partial charge is 0.399 e. The SMILES string of the molecule is Nc1ccc(F)c(NC(=O)CCn2cccc(Br)c2=O)c1. The van der Waals surface area contributed by atoms with Gasteiger partial charge in [-0.15, -0.1) is 0 Å². The maximum Gasteiger partial charge on any atom is 0.264 e. The molecule has 110 valence electrons. The molecule has 2 rings (SSSR count). The zero-order valence-corrected chi connectivity index (χ0v) is 12.6. The van der Waals surface area contributed by atoms with Crippen molar-refractivity contribution in [2.75, 3.05) is 11.1 Å². The second-order valence-corrected chi connectivity index (χ2v) is 5.25. The van der Waals surface area contributed by atoms with E-state index in [0.29, 0.717) is 10.2 Å². The molecule has 2 aromatic rings. The number of anilines is 2. The molecule has 1 heterocycles. The average Bonchev–Trinajstić information content (AvgIpc) is 2.44. The maximum atomic E-state index is 13.5. The molecule has 3 N–H and O–H groups in total. The Hall–Kier alpha value is -2.15. The molecular formula is C14H13BrFN3O2. The van der Waals surface area contributed by atoms with E-state index in [1.807, 2.05) is 0 Å². The van der Waals surface area contributed by atoms with Crippen LogP contribution in [0.5, 0.6) is 0 Å². The molecule has 0 unspecified atom stereocenters. The Morgan fingerprint density at radius 2 is 2.14 bits per heavy atom. The number of hydrogen-bond donors (Lipinski definition) is 2. The molecule has 1 amide bonds. The summed E-state index contributed by atoms with van der Waals surface area (Å²) in [6, 6.07) is 7.26. The molecule has 0 bridgehead atoms. The molecular weight excluding hydrogens is 341 g/mol. The van der Waals surface area contributed by atoms with Crippen LogP contribution in [0.15, 0.2) is 45.8 Å². The van der Waals surface area contributed by atoms with Gasteiger partial charge in [-0.2, -0.15) is 0 Å². The highest BCUT2D eigenvalue weighted by molar-refractivity contribution is 9.10. The van der Waals surface area contributed by atoms with Gasteiger partial charge in [-0.3, -0.25) is 9.59 Å². The van der Waals surface area contributed by atoms with Crippen molar-refractivity contribution >= 4 is 33.2 Å². The summed E-state index contributed by atoms with van der Waals surface area (Å²) in [7, 11) is 0. The van der Waals surface area contributed by atoms with Gasteiger partial charge in [0.2, 0.25) is 5.91 Å². The minimum atomic E-state index is -0.558. The van der Waals surface area contributed by atoms with Crippen molar-refractivity contribution in [2.24, 2.45) is 0 Å². The van der Waals surface area contributed by atoms with Crippen molar-refractivity contribution < 1.29 is 9.18 Å². The highest BCUT2D eigenvalue weighted by atomic mass is 79.9. The number of aromatic nitrogens is 1. The zero-order valence-electron chi connectivity index (χ0n) is 11.0. The monoisotopic (exact) mass is 353 g/mol. The van der Waals surface area contributed by atoms with Crippen LogP contribution in [0.3, 0.4) is 0 Å². The Labute approximate surface area is 128 Å². The molecule has 1 aromatic heterocycles. The summed E-state index contributed by atoms with van der Waals surface area (Å²) in [5.41, 5.74) is 5.70. The summed E-state index contributed by atoms with van der Waals surface area (Å²) in [6.45, 7) is 0.202. The molecule has 0 spiro atoms. The molecule has 7 heteroatoms. The van der Waals surface area contributed by atoms with Crippen molar-refractivity contribution in [3.63, 3.8) is 0 Å². The molecule has 1 aromatic carbocycles. The van der Waals surface area contributed by atoms with E-state index in [-0.39, 0.29) is 24.2 Å². The maximum absolute atomic E-state index is 13.5. The fourth-order valence-corrected chi connectivity index (χ4v) is 2.14. The molecule has 0 fully saturated rings. The number of rotatable bonds is 4. The van der Waals surface area contributed by atoms with Gasteiger partial charge in [0.1, 0.15) is 5.82 Å². The second-order valence-electron chi connectivity index (χ2n) is 4.39. The number of halogens is 2. The number of nitrogens with one attached hydrogen (secondary N) is 1. The quantitative estimate of drug-likeness (QED) is 0.828. The number of nitrogens with zero attached hydrogens (tertiary/aromatic N) is 1. The zero-order chi connectivity index (χ0) is 15.4. The predicted molar refractivity (Wildman–Crippen MR) is 82.5 cm³/mol. The van der Waals surface area contributed by atoms with Crippen molar-refractivity contribution in [3.05, 3.63) is 57.2 Å². The average molecular weight is 354 g/mol. The van der Waals surface area contributed by atoms with E-state index >= 15 is 0 Å². The molecule has 0 aliphatic heterocycles. The summed E-state index contributed by atoms with van der Waals surface area (Å²) >= 11 is 3.13. The minimum absolute atomic E-state index is 0.0292. The third-order valence-corrected chi connectivity index (χ3v) is 3.42. The lowest BCUT2D eigenvalue weighted by molar-refractivity contribution is -0.116. The van der Waals surface area contributed by atoms with Crippen molar-refractivity contribution in [2.45, 2.75) is 13.0 Å². The number of nitrogen functional groups attached to an aromatic ring is 1. The van der Waals surface area contributed by atoms with Crippen molar-refractivity contribution in [1.82, 2.24) is 4.57 Å². The van der Waals surface area contributed by atoms with Crippen LogP contribution in [-0.4, -0.2) is 10.5 Å². The van der Waals surface area contributed by atoms with E-state index in [9.17, 15) is 14.0 Å². The predicted octanol–water partition coefficient (Wildman–Crippen LogP) is 2.36. The van der Waals surface area contributed by atoms with Crippen molar-refractivity contribution in [1.29, 1.82) is 0 Å². The van der Waals surface area contributed by atoms with Crippen LogP contribution >= 0.6 is 15.9 Å². The second kappa shape index (κ2) is 6.53. The molecule has 0 atom stereocenters. The molecule has 21 heavy (non-hydrogen) atoms. The number of amides is 1. The third-order valence-electron chi connectivity index (χ3n) is 2.82. The number of aryl methyl sites for hydroxylation is 1. The standard InChI is InChI=1S/C14H13BrFN3O2/c15-10-2-1-6-19(14(10)21)7-5-13(20)18-12-8-9(17)3-4-11(12)16/h1-4,6,8H,5,7,17H2,(H,18,20). The van der Waals surface area contributed by atoms with Gasteiger partial charge < -0.3 is 15.6 Å². The number of benzene rings is 1. The summed E-state index contributed by atoms with van der Waals surface area (Å²) in [5, 5.41) is 2.43. The first kappa shape index (κ1) is 15.2. The van der Waals surface area contributed by atoms with Crippen molar-refractivity contribution in [3.8, 4) is 0 Å². The number of carbonyl (C=O) groups excluding carboxylic acids is 1. The molecule has 0 aliphatic carbocycles. The lowest BCUT2D eigenvalue weighted by atomic mass is 10.2. The topological polar surface area (TPSA) is 77.1 Å². The van der Waals surface area contributed by atoms with Gasteiger partial charge in [-0.25, -0.2) is 4.39 Å². The highest BCUT2D eigenvalue weighted by Gasteiger charge is 2.08. The van der Waals surface area contributed by atoms with E-state index in [4.69, 9.17) is 5.73 Å². The molecule has 0 radical (unpaired) electrons. The van der Waals surface area contributed by atoms with Gasteiger partial charge in [0.15, 0.2) is 0 Å². The lowest BCUT2D eigenvalue weighted by Crippen LogP contribution is -2.23. The number of hydrogen-bond acceptors (Lipinski definition) is 3. The fraction of sp³-hybridized carbons (Fsp3) is 0.143. The number of nitrogens with two attached hydrogens (primary N) is 1. The van der Waals surface area contributed by atoms with Crippen LogP contribution < -0.4 is 16.6 Å². The van der Waals surface area contributed by atoms with E-state index in [2.05, 4.69) is 21.2 Å². The van der Waals surface area contributed by atoms with Gasteiger partial charge >= 0.3 is 0 Å². The fourth-order valence-electron chi connectivity index (χ4n) is 1.76. The minimum Gasteiger partial charge on any atom is -0.399 e. The Bertz CT molecular complexity index is 730. The Kier molecular flexibility index (Phi) is 4.74. The van der Waals surface area contributed by atoms with Crippen LogP contribution in [0.25, 0.3) is 0 Å². The normalized spacial score (nSPS) is 10.4. The summed E-state index contributed by atoms with van der Waals surface area (Å²) in [5.74, 6) is -0.955. The van der Waals surface area contributed by atoms with Gasteiger partial charge in [-0.05, 0) is 46.3 Å². The van der Waals surface area contributed by atoms with Gasteiger partial charge in [0.05, 0.1) is 10.2 Å². The van der Waals surface area contributed by atoms with E-state index < -0.39 is 11.7 Å². The van der Waals surface area contributed by atoms with Gasteiger partial charge in [0, 0.05) is 24.8 Å². The Morgan fingerprint density at radius 3 is 2.90 bits per heavy atom. The lowest BCUT2D eigenvalue weighted by Gasteiger charge is -2.08. The van der Waals surface area contributed by atoms with E-state index in [1.54, 1.807) is 18.3 Å². The van der Waals surface area contributed by atoms with Crippen LogP contribution in [0.4, 0.5) is 15.8 Å². The Morgan fingerprint density at radius 1 is 1.38 bits per heavy atom. The molecule has 0 saturated heterocycles. The summed E-state index contributed by atoms with van der Waals surface area (Å²) < 4.78 is 15.3. The number of pyridine rings is 1. The smallest absolute Gasteiger partial charge is 0.264 e. The van der Waals surface area contributed by atoms with Crippen LogP contribution in [0.2, 0.25) is 0 Å². The van der Waals surface area contributed by atoms with Crippen LogP contribution in [0.1, 0.15) is 6.42 Å². The number of carbonyl (C=O) groups is 1. The Balaban J connectivity index is 2.01. The van der Waals surface area contributed by atoms with E-state index in [0.717, 1.165) is 0 Å². The first-order valence-corrected chi connectivity index (χ1v) is 6.96. The first-order valence-electron chi connectivity index (χ1n) is 6.17. The molecule has 5 nitrogen and oxygen atoms in total. The first-order chi connectivity index (χ1) is 9.97. The van der Waals surface area contributed by atoms with Gasteiger partial charge in [-0.1, -0.05) is 0 Å². The van der Waals surface area contributed by atoms with E-state index in [1.165, 1.54) is 22.8 Å². The highest BCUT2D eigenvalue weighted by Crippen LogP contribution is 2.17.